The van der Waals surface area contributed by atoms with Gasteiger partial charge >= 0.3 is 5.97 Å². The summed E-state index contributed by atoms with van der Waals surface area (Å²) in [4.78, 5) is 15.7. The molecule has 0 fully saturated rings. The van der Waals surface area contributed by atoms with Crippen molar-refractivity contribution < 1.29 is 9.53 Å². The molecule has 0 aliphatic carbocycles. The molecule has 1 aromatic carbocycles. The van der Waals surface area contributed by atoms with E-state index < -0.39 is 0 Å². The number of esters is 1. The van der Waals surface area contributed by atoms with Crippen molar-refractivity contribution in [3.63, 3.8) is 0 Å². The number of fused-ring (bicyclic) bond motifs is 1. The number of hydrogen-bond donors (Lipinski definition) is 0. The number of carbonyl (C=O) groups is 1. The third-order valence-electron chi connectivity index (χ3n) is 3.10. The lowest BCUT2D eigenvalue weighted by atomic mass is 10.1. The molecule has 3 rings (SSSR count). The Hall–Kier alpha value is -2.42. The second-order valence-corrected chi connectivity index (χ2v) is 4.40. The first-order chi connectivity index (χ1) is 9.34. The van der Waals surface area contributed by atoms with Gasteiger partial charge in [-0.1, -0.05) is 24.3 Å². The first-order valence-corrected chi connectivity index (χ1v) is 6.25. The van der Waals surface area contributed by atoms with E-state index >= 15 is 0 Å². The molecule has 3 heteroatoms. The molecule has 19 heavy (non-hydrogen) atoms. The summed E-state index contributed by atoms with van der Waals surface area (Å²) in [5.41, 5.74) is 2.71. The van der Waals surface area contributed by atoms with Crippen LogP contribution < -0.4 is 0 Å². The van der Waals surface area contributed by atoms with Crippen LogP contribution in [-0.4, -0.2) is 11.0 Å². The van der Waals surface area contributed by atoms with E-state index in [1.807, 2.05) is 42.6 Å². The zero-order valence-electron chi connectivity index (χ0n) is 10.4. The van der Waals surface area contributed by atoms with Gasteiger partial charge in [0, 0.05) is 18.0 Å². The number of rotatable bonds is 3. The minimum atomic E-state index is -0.261. The monoisotopic (exact) mass is 251 g/mol. The van der Waals surface area contributed by atoms with E-state index in [0.29, 0.717) is 11.3 Å². The van der Waals surface area contributed by atoms with Crippen molar-refractivity contribution in [3.05, 3.63) is 71.6 Å². The maximum atomic E-state index is 11.6. The van der Waals surface area contributed by atoms with Crippen LogP contribution in [0.3, 0.4) is 0 Å². The number of carbonyl (C=O) groups excluding carboxylic acids is 1. The highest BCUT2D eigenvalue weighted by molar-refractivity contribution is 6.02. The van der Waals surface area contributed by atoms with Crippen LogP contribution in [0, 0.1) is 0 Å². The molecule has 0 spiro atoms. The first-order valence-electron chi connectivity index (χ1n) is 6.25. The number of aryl methyl sites for hydroxylation is 1. The predicted molar refractivity (Wildman–Crippen MR) is 72.4 cm³/mol. The van der Waals surface area contributed by atoms with Gasteiger partial charge in [0.05, 0.1) is 5.56 Å². The highest BCUT2D eigenvalue weighted by Gasteiger charge is 2.24. The smallest absolute Gasteiger partial charge is 0.344 e. The quantitative estimate of drug-likeness (QED) is 0.786. The van der Waals surface area contributed by atoms with Gasteiger partial charge in [0.15, 0.2) is 0 Å². The largest absolute Gasteiger partial charge is 0.423 e. The summed E-state index contributed by atoms with van der Waals surface area (Å²) in [5.74, 6) is 0.410. The normalized spacial score (nSPS) is 15.4. The van der Waals surface area contributed by atoms with Gasteiger partial charge in [-0.25, -0.2) is 4.79 Å². The van der Waals surface area contributed by atoms with E-state index in [0.717, 1.165) is 18.4 Å². The first kappa shape index (κ1) is 11.7. The highest BCUT2D eigenvalue weighted by Crippen LogP contribution is 2.29. The van der Waals surface area contributed by atoms with Gasteiger partial charge in [-0.3, -0.25) is 4.98 Å². The van der Waals surface area contributed by atoms with Crippen LogP contribution in [0.2, 0.25) is 0 Å². The molecule has 0 atom stereocenters. The Morgan fingerprint density at radius 1 is 1.11 bits per heavy atom. The molecule has 0 radical (unpaired) electrons. The van der Waals surface area contributed by atoms with Gasteiger partial charge in [-0.15, -0.1) is 0 Å². The van der Waals surface area contributed by atoms with E-state index in [4.69, 9.17) is 4.74 Å². The number of aromatic nitrogens is 1. The summed E-state index contributed by atoms with van der Waals surface area (Å²) in [6.07, 6.45) is 7.29. The highest BCUT2D eigenvalue weighted by atomic mass is 16.5. The fourth-order valence-electron chi connectivity index (χ4n) is 2.15. The molecule has 0 unspecified atom stereocenters. The second-order valence-electron chi connectivity index (χ2n) is 4.40. The summed E-state index contributed by atoms with van der Waals surface area (Å²) in [6.45, 7) is 0. The Bertz CT molecular complexity index is 632. The molecule has 1 aromatic heterocycles. The fourth-order valence-corrected chi connectivity index (χ4v) is 2.15. The van der Waals surface area contributed by atoms with Crippen LogP contribution in [-0.2, 0) is 11.2 Å². The van der Waals surface area contributed by atoms with Crippen molar-refractivity contribution in [1.82, 2.24) is 4.98 Å². The fraction of sp³-hybridized carbons (Fsp3) is 0.125. The topological polar surface area (TPSA) is 39.2 Å². The molecule has 0 amide bonds. The molecule has 3 nitrogen and oxygen atoms in total. The maximum Gasteiger partial charge on any atom is 0.344 e. The van der Waals surface area contributed by atoms with Gasteiger partial charge in [-0.05, 0) is 36.6 Å². The molecule has 0 bridgehead atoms. The van der Waals surface area contributed by atoms with E-state index in [-0.39, 0.29) is 5.97 Å². The molecule has 1 aliphatic rings. The molecular formula is C16H13NO2. The lowest BCUT2D eigenvalue weighted by Crippen LogP contribution is -1.92. The number of cyclic esters (lactones) is 1. The van der Waals surface area contributed by atoms with E-state index in [2.05, 4.69) is 4.98 Å². The number of allylic oxidation sites excluding steroid dienone is 1. The number of ether oxygens (including phenoxy) is 1. The second kappa shape index (κ2) is 5.06. The van der Waals surface area contributed by atoms with Gasteiger partial charge in [0.1, 0.15) is 5.76 Å². The maximum absolute atomic E-state index is 11.6. The lowest BCUT2D eigenvalue weighted by molar-refractivity contribution is 0.0715. The minimum Gasteiger partial charge on any atom is -0.423 e. The van der Waals surface area contributed by atoms with Gasteiger partial charge in [0.25, 0.3) is 0 Å². The molecule has 2 aromatic rings. The summed E-state index contributed by atoms with van der Waals surface area (Å²) >= 11 is 0. The molecule has 0 N–H and O–H groups in total. The molecule has 94 valence electrons. The Kier molecular flexibility index (Phi) is 3.11. The van der Waals surface area contributed by atoms with Crippen molar-refractivity contribution in [2.75, 3.05) is 0 Å². The minimum absolute atomic E-state index is 0.261. The van der Waals surface area contributed by atoms with E-state index in [1.165, 1.54) is 5.56 Å². The van der Waals surface area contributed by atoms with Crippen molar-refractivity contribution in [2.45, 2.75) is 12.8 Å². The molecule has 2 heterocycles. The van der Waals surface area contributed by atoms with Gasteiger partial charge in [0.2, 0.25) is 0 Å². The van der Waals surface area contributed by atoms with Crippen molar-refractivity contribution in [2.24, 2.45) is 0 Å². The third kappa shape index (κ3) is 2.40. The van der Waals surface area contributed by atoms with Gasteiger partial charge < -0.3 is 4.74 Å². The average molecular weight is 251 g/mol. The van der Waals surface area contributed by atoms with Crippen LogP contribution in [0.4, 0.5) is 0 Å². The van der Waals surface area contributed by atoms with Crippen LogP contribution in [0.15, 0.2) is 54.9 Å². The summed E-state index contributed by atoms with van der Waals surface area (Å²) in [7, 11) is 0. The van der Waals surface area contributed by atoms with Crippen molar-refractivity contribution in [3.8, 4) is 0 Å². The third-order valence-corrected chi connectivity index (χ3v) is 3.10. The van der Waals surface area contributed by atoms with E-state index in [9.17, 15) is 4.79 Å². The van der Waals surface area contributed by atoms with Crippen LogP contribution in [0.5, 0.6) is 0 Å². The number of hydrogen-bond acceptors (Lipinski definition) is 3. The van der Waals surface area contributed by atoms with Crippen LogP contribution in [0.1, 0.15) is 27.9 Å². The van der Waals surface area contributed by atoms with E-state index in [1.54, 1.807) is 12.3 Å². The van der Waals surface area contributed by atoms with Crippen molar-refractivity contribution in [1.29, 1.82) is 0 Å². The Morgan fingerprint density at radius 3 is 2.74 bits per heavy atom. The Labute approximate surface area is 111 Å². The number of pyridine rings is 1. The molecule has 0 saturated heterocycles. The molecule has 0 saturated carbocycles. The van der Waals surface area contributed by atoms with Crippen molar-refractivity contribution >= 4 is 11.7 Å². The summed E-state index contributed by atoms with van der Waals surface area (Å²) in [5, 5.41) is 0. The lowest BCUT2D eigenvalue weighted by Gasteiger charge is -1.99. The average Bonchev–Trinajstić information content (AvgIpc) is 2.78. The summed E-state index contributed by atoms with van der Waals surface area (Å²) in [6, 6.07) is 11.4. The number of benzene rings is 1. The molecular weight excluding hydrogens is 238 g/mol. The Morgan fingerprint density at radius 2 is 1.95 bits per heavy atom. The SMILES string of the molecule is O=C1O/C(=C\CCc2cccnc2)c2ccccc21. The van der Waals surface area contributed by atoms with Crippen LogP contribution >= 0.6 is 0 Å². The predicted octanol–water partition coefficient (Wildman–Crippen LogP) is 3.23. The zero-order valence-corrected chi connectivity index (χ0v) is 10.4. The zero-order chi connectivity index (χ0) is 13.1. The van der Waals surface area contributed by atoms with Crippen LogP contribution in [0.25, 0.3) is 5.76 Å². The van der Waals surface area contributed by atoms with Gasteiger partial charge in [-0.2, -0.15) is 0 Å². The standard InChI is InChI=1S/C16H13NO2/c18-16-14-8-2-1-7-13(14)15(19-16)9-3-5-12-6-4-10-17-11-12/h1-2,4,6-11H,3,5H2/b15-9-. The Balaban J connectivity index is 1.74. The number of nitrogens with zero attached hydrogens (tertiary/aromatic N) is 1. The molecule has 1 aliphatic heterocycles. The summed E-state index contributed by atoms with van der Waals surface area (Å²) < 4.78 is 5.28.